The lowest BCUT2D eigenvalue weighted by Gasteiger charge is -2.07. The van der Waals surface area contributed by atoms with Gasteiger partial charge in [0.05, 0.1) is 5.56 Å². The number of ketones is 1. The Morgan fingerprint density at radius 3 is 2.47 bits per heavy atom. The number of alkyl halides is 3. The third-order valence-electron chi connectivity index (χ3n) is 2.25. The number of aliphatic carboxylic acids is 1. The Kier molecular flexibility index (Phi) is 3.59. The molecule has 0 fully saturated rings. The number of aromatic amines is 1. The molecule has 7 heteroatoms. The fourth-order valence-electron chi connectivity index (χ4n) is 1.48. The molecule has 1 heterocycles. The van der Waals surface area contributed by atoms with Crippen LogP contribution in [0.4, 0.5) is 13.2 Å². The van der Waals surface area contributed by atoms with Crippen molar-refractivity contribution in [2.24, 2.45) is 0 Å². The molecule has 17 heavy (non-hydrogen) atoms. The predicted molar refractivity (Wildman–Crippen MR) is 51.9 cm³/mol. The van der Waals surface area contributed by atoms with Gasteiger partial charge in [-0.25, -0.2) is 0 Å². The SMILES string of the molecule is Cc1[nH]cc(CCC(=O)O)c1C(=O)C(F)(F)F. The summed E-state index contributed by atoms with van der Waals surface area (Å²) < 4.78 is 36.9. The molecule has 0 spiro atoms. The molecule has 0 amide bonds. The summed E-state index contributed by atoms with van der Waals surface area (Å²) in [5.41, 5.74) is -0.307. The highest BCUT2D eigenvalue weighted by atomic mass is 19.4. The van der Waals surface area contributed by atoms with Gasteiger partial charge >= 0.3 is 12.1 Å². The Balaban J connectivity index is 3.02. The van der Waals surface area contributed by atoms with E-state index in [1.54, 1.807) is 0 Å². The Morgan fingerprint density at radius 2 is 2.00 bits per heavy atom. The highest BCUT2D eigenvalue weighted by Crippen LogP contribution is 2.26. The van der Waals surface area contributed by atoms with E-state index in [9.17, 15) is 22.8 Å². The van der Waals surface area contributed by atoms with E-state index in [2.05, 4.69) is 4.98 Å². The number of halogens is 3. The number of aryl methyl sites for hydroxylation is 2. The van der Waals surface area contributed by atoms with Gasteiger partial charge in [-0.05, 0) is 18.9 Å². The van der Waals surface area contributed by atoms with Crippen LogP contribution in [-0.4, -0.2) is 28.0 Å². The van der Waals surface area contributed by atoms with Gasteiger partial charge in [0.25, 0.3) is 5.78 Å². The second kappa shape index (κ2) is 4.60. The summed E-state index contributed by atoms with van der Waals surface area (Å²) in [4.78, 5) is 24.0. The molecule has 0 radical (unpaired) electrons. The largest absolute Gasteiger partial charge is 0.481 e. The number of H-pyrrole nitrogens is 1. The first kappa shape index (κ1) is 13.3. The first-order chi connectivity index (χ1) is 7.73. The molecular formula is C10H10F3NO3. The van der Waals surface area contributed by atoms with E-state index in [4.69, 9.17) is 5.11 Å². The molecule has 94 valence electrons. The van der Waals surface area contributed by atoms with Gasteiger partial charge in [0.2, 0.25) is 0 Å². The number of carbonyl (C=O) groups excluding carboxylic acids is 1. The second-order valence-electron chi connectivity index (χ2n) is 3.53. The standard InChI is InChI=1S/C10H10F3NO3/c1-5-8(9(17)10(11,12)13)6(4-14-5)2-3-7(15)16/h4,14H,2-3H2,1H3,(H,15,16). The molecule has 4 nitrogen and oxygen atoms in total. The van der Waals surface area contributed by atoms with Crippen LogP contribution < -0.4 is 0 Å². The Bertz CT molecular complexity index is 448. The lowest BCUT2D eigenvalue weighted by atomic mass is 10.0. The van der Waals surface area contributed by atoms with Crippen LogP contribution in [-0.2, 0) is 11.2 Å². The van der Waals surface area contributed by atoms with E-state index in [1.165, 1.54) is 13.1 Å². The number of hydrogen-bond donors (Lipinski definition) is 2. The normalized spacial score (nSPS) is 11.5. The van der Waals surface area contributed by atoms with Crippen molar-refractivity contribution in [1.29, 1.82) is 0 Å². The first-order valence-corrected chi connectivity index (χ1v) is 4.73. The summed E-state index contributed by atoms with van der Waals surface area (Å²) in [6.07, 6.45) is -4.16. The van der Waals surface area contributed by atoms with Gasteiger partial charge in [0, 0.05) is 18.3 Å². The maximum atomic E-state index is 12.3. The summed E-state index contributed by atoms with van der Waals surface area (Å²) in [7, 11) is 0. The van der Waals surface area contributed by atoms with E-state index >= 15 is 0 Å². The average molecular weight is 249 g/mol. The molecule has 0 saturated heterocycles. The van der Waals surface area contributed by atoms with Gasteiger partial charge in [-0.3, -0.25) is 9.59 Å². The molecule has 0 aliphatic rings. The maximum absolute atomic E-state index is 12.3. The van der Waals surface area contributed by atoms with Crippen molar-refractivity contribution < 1.29 is 27.9 Å². The summed E-state index contributed by atoms with van der Waals surface area (Å²) in [6, 6.07) is 0. The number of carboxylic acids is 1. The Labute approximate surface area is 94.4 Å². The molecule has 0 unspecified atom stereocenters. The molecule has 0 aliphatic carbocycles. The predicted octanol–water partition coefficient (Wildman–Crippen LogP) is 2.09. The number of aromatic nitrogens is 1. The van der Waals surface area contributed by atoms with Crippen molar-refractivity contribution in [3.63, 3.8) is 0 Å². The van der Waals surface area contributed by atoms with E-state index in [0.717, 1.165) is 0 Å². The molecular weight excluding hydrogens is 239 g/mol. The van der Waals surface area contributed by atoms with Crippen molar-refractivity contribution in [2.75, 3.05) is 0 Å². The van der Waals surface area contributed by atoms with Crippen LogP contribution in [0.2, 0.25) is 0 Å². The van der Waals surface area contributed by atoms with Crippen molar-refractivity contribution in [3.8, 4) is 0 Å². The van der Waals surface area contributed by atoms with Crippen LogP contribution in [0.5, 0.6) is 0 Å². The van der Waals surface area contributed by atoms with Crippen LogP contribution in [0.25, 0.3) is 0 Å². The molecule has 2 N–H and O–H groups in total. The summed E-state index contributed by atoms with van der Waals surface area (Å²) >= 11 is 0. The van der Waals surface area contributed by atoms with Gasteiger partial charge in [-0.15, -0.1) is 0 Å². The van der Waals surface area contributed by atoms with E-state index in [0.29, 0.717) is 0 Å². The monoisotopic (exact) mass is 249 g/mol. The van der Waals surface area contributed by atoms with Crippen LogP contribution in [0.3, 0.4) is 0 Å². The number of Topliss-reactive ketones (excluding diaryl/α,β-unsaturated/α-hetero) is 1. The van der Waals surface area contributed by atoms with Gasteiger partial charge in [-0.1, -0.05) is 0 Å². The molecule has 0 atom stereocenters. The van der Waals surface area contributed by atoms with Crippen molar-refractivity contribution in [3.05, 3.63) is 23.0 Å². The highest BCUT2D eigenvalue weighted by Gasteiger charge is 2.41. The molecule has 1 rings (SSSR count). The molecule has 1 aromatic heterocycles. The average Bonchev–Trinajstić information content (AvgIpc) is 2.54. The summed E-state index contributed by atoms with van der Waals surface area (Å²) in [5, 5.41) is 8.45. The Morgan fingerprint density at radius 1 is 1.41 bits per heavy atom. The number of nitrogens with one attached hydrogen (secondary N) is 1. The fourth-order valence-corrected chi connectivity index (χ4v) is 1.48. The summed E-state index contributed by atoms with van der Waals surface area (Å²) in [6.45, 7) is 1.34. The zero-order valence-electron chi connectivity index (χ0n) is 8.89. The topological polar surface area (TPSA) is 70.2 Å². The molecule has 0 aliphatic heterocycles. The smallest absolute Gasteiger partial charge is 0.454 e. The molecule has 0 bridgehead atoms. The van der Waals surface area contributed by atoms with E-state index in [-0.39, 0.29) is 24.1 Å². The third-order valence-corrected chi connectivity index (χ3v) is 2.25. The molecule has 1 aromatic rings. The van der Waals surface area contributed by atoms with Crippen molar-refractivity contribution >= 4 is 11.8 Å². The van der Waals surface area contributed by atoms with Gasteiger partial charge in [-0.2, -0.15) is 13.2 Å². The molecule has 0 aromatic carbocycles. The molecule has 0 saturated carbocycles. The number of hydrogen-bond acceptors (Lipinski definition) is 2. The van der Waals surface area contributed by atoms with Crippen LogP contribution >= 0.6 is 0 Å². The summed E-state index contributed by atoms with van der Waals surface area (Å²) in [5.74, 6) is -3.08. The van der Waals surface area contributed by atoms with Crippen LogP contribution in [0.15, 0.2) is 6.20 Å². The second-order valence-corrected chi connectivity index (χ2v) is 3.53. The Hall–Kier alpha value is -1.79. The van der Waals surface area contributed by atoms with Crippen LogP contribution in [0, 0.1) is 6.92 Å². The number of carbonyl (C=O) groups is 2. The minimum Gasteiger partial charge on any atom is -0.481 e. The lowest BCUT2D eigenvalue weighted by Crippen LogP contribution is -2.24. The quantitative estimate of drug-likeness (QED) is 0.802. The minimum atomic E-state index is -4.95. The van der Waals surface area contributed by atoms with Crippen molar-refractivity contribution in [1.82, 2.24) is 4.98 Å². The van der Waals surface area contributed by atoms with Gasteiger partial charge in [0.1, 0.15) is 0 Å². The minimum absolute atomic E-state index is 0.0761. The number of rotatable bonds is 4. The zero-order chi connectivity index (χ0) is 13.2. The zero-order valence-corrected chi connectivity index (χ0v) is 8.89. The fraction of sp³-hybridized carbons (Fsp3) is 0.400. The van der Waals surface area contributed by atoms with E-state index < -0.39 is 23.5 Å². The third kappa shape index (κ3) is 3.08. The van der Waals surface area contributed by atoms with Gasteiger partial charge in [0.15, 0.2) is 0 Å². The first-order valence-electron chi connectivity index (χ1n) is 4.73. The highest BCUT2D eigenvalue weighted by molar-refractivity contribution is 6.02. The van der Waals surface area contributed by atoms with Gasteiger partial charge < -0.3 is 10.1 Å². The van der Waals surface area contributed by atoms with E-state index in [1.807, 2.05) is 0 Å². The van der Waals surface area contributed by atoms with Crippen LogP contribution in [0.1, 0.15) is 28.0 Å². The lowest BCUT2D eigenvalue weighted by molar-refractivity contribution is -0.136. The number of carboxylic acid groups (broad SMARTS) is 1. The van der Waals surface area contributed by atoms with Crippen molar-refractivity contribution in [2.45, 2.75) is 25.9 Å². The maximum Gasteiger partial charge on any atom is 0.454 e.